The minimum absolute atomic E-state index is 0.382. The van der Waals surface area contributed by atoms with Gasteiger partial charge in [0.15, 0.2) is 5.76 Å². The second-order valence-corrected chi connectivity index (χ2v) is 4.60. The summed E-state index contributed by atoms with van der Waals surface area (Å²) in [7, 11) is 1.66. The van der Waals surface area contributed by atoms with E-state index in [-0.39, 0.29) is 5.57 Å². The van der Waals surface area contributed by atoms with E-state index in [1.54, 1.807) is 37.9 Å². The van der Waals surface area contributed by atoms with Gasteiger partial charge in [0.05, 0.1) is 6.20 Å². The van der Waals surface area contributed by atoms with Gasteiger partial charge in [-0.15, -0.1) is 0 Å². The van der Waals surface area contributed by atoms with Crippen LogP contribution in [0, 0.1) is 0 Å². The largest absolute Gasteiger partial charge is 0.503 e. The molecule has 0 amide bonds. The summed E-state index contributed by atoms with van der Waals surface area (Å²) in [4.78, 5) is 24.8. The first-order chi connectivity index (χ1) is 9.88. The molecule has 1 aromatic rings. The van der Waals surface area contributed by atoms with Gasteiger partial charge in [0.25, 0.3) is 0 Å². The van der Waals surface area contributed by atoms with Crippen LogP contribution in [0.3, 0.4) is 0 Å². The number of Topliss-reactive ketones (excluding diaryl/α,β-unsaturated/α-hetero) is 1. The zero-order chi connectivity index (χ0) is 16.0. The molecule has 0 saturated heterocycles. The highest BCUT2D eigenvalue weighted by Crippen LogP contribution is 2.16. The highest BCUT2D eigenvalue weighted by atomic mass is 16.4. The number of nitrogens with zero attached hydrogens (tertiary/aromatic N) is 1. The normalized spacial score (nSPS) is 12.6. The first-order valence-electron chi connectivity index (χ1n) is 6.54. The smallest absolute Gasteiger partial charge is 0.339 e. The first kappa shape index (κ1) is 16.5. The molecule has 0 saturated carbocycles. The van der Waals surface area contributed by atoms with Crippen LogP contribution in [0.1, 0.15) is 20.3 Å². The molecule has 0 bridgehead atoms. The summed E-state index contributed by atoms with van der Waals surface area (Å²) < 4.78 is 0. The highest BCUT2D eigenvalue weighted by molar-refractivity contribution is 6.23. The molecule has 112 valence electrons. The monoisotopic (exact) mass is 289 g/mol. The molecule has 0 aliphatic heterocycles. The Balaban J connectivity index is 3.07. The van der Waals surface area contributed by atoms with Gasteiger partial charge in [0, 0.05) is 12.7 Å². The molecule has 0 aliphatic carbocycles. The van der Waals surface area contributed by atoms with Crippen molar-refractivity contribution in [2.45, 2.75) is 20.3 Å². The Bertz CT molecular complexity index is 588. The molecule has 0 fully saturated rings. The zero-order valence-corrected chi connectivity index (χ0v) is 12.3. The molecule has 0 spiro atoms. The summed E-state index contributed by atoms with van der Waals surface area (Å²) in [5.41, 5.74) is 0.812. The fourth-order valence-electron chi connectivity index (χ4n) is 1.76. The Morgan fingerprint density at radius 3 is 2.24 bits per heavy atom. The molecule has 0 aliphatic rings. The summed E-state index contributed by atoms with van der Waals surface area (Å²) in [6.07, 6.45) is 1.64. The van der Waals surface area contributed by atoms with Crippen LogP contribution in [-0.4, -0.2) is 29.0 Å². The van der Waals surface area contributed by atoms with E-state index in [0.717, 1.165) is 5.69 Å². The van der Waals surface area contributed by atoms with Crippen molar-refractivity contribution in [3.63, 3.8) is 0 Å². The van der Waals surface area contributed by atoms with Crippen LogP contribution in [0.25, 0.3) is 0 Å². The van der Waals surface area contributed by atoms with Gasteiger partial charge in [-0.3, -0.25) is 4.79 Å². The number of aliphatic carboxylic acids is 1. The molecule has 5 heteroatoms. The number of para-hydroxylation sites is 1. The minimum atomic E-state index is -1.33. The molecule has 0 unspecified atom stereocenters. The number of anilines is 1. The van der Waals surface area contributed by atoms with Crippen molar-refractivity contribution in [2.24, 2.45) is 0 Å². The van der Waals surface area contributed by atoms with Crippen LogP contribution in [0.2, 0.25) is 0 Å². The number of rotatable bonds is 6. The second-order valence-electron chi connectivity index (χ2n) is 4.60. The minimum Gasteiger partial charge on any atom is -0.503 e. The number of aliphatic hydroxyl groups excluding tert-OH is 1. The van der Waals surface area contributed by atoms with Gasteiger partial charge in [-0.2, -0.15) is 0 Å². The van der Waals surface area contributed by atoms with Gasteiger partial charge in [-0.05, 0) is 25.5 Å². The van der Waals surface area contributed by atoms with E-state index < -0.39 is 17.5 Å². The van der Waals surface area contributed by atoms with E-state index in [9.17, 15) is 14.7 Å². The van der Waals surface area contributed by atoms with Gasteiger partial charge in [-0.25, -0.2) is 4.79 Å². The number of carboxylic acids is 1. The average molecular weight is 289 g/mol. The molecule has 0 heterocycles. The maximum Gasteiger partial charge on any atom is 0.339 e. The summed E-state index contributed by atoms with van der Waals surface area (Å²) in [5.74, 6) is -2.82. The van der Waals surface area contributed by atoms with Crippen molar-refractivity contribution in [3.05, 3.63) is 53.4 Å². The number of allylic oxidation sites excluding steroid dienone is 2. The molecule has 21 heavy (non-hydrogen) atoms. The molecular formula is C16H19NO4. The van der Waals surface area contributed by atoms with Crippen molar-refractivity contribution >= 4 is 17.4 Å². The lowest BCUT2D eigenvalue weighted by atomic mass is 10.0. The lowest BCUT2D eigenvalue weighted by Crippen LogP contribution is -2.19. The number of hydrogen-bond donors (Lipinski definition) is 2. The van der Waals surface area contributed by atoms with Gasteiger partial charge in [0.1, 0.15) is 5.57 Å². The highest BCUT2D eigenvalue weighted by Gasteiger charge is 2.23. The van der Waals surface area contributed by atoms with Gasteiger partial charge in [-0.1, -0.05) is 30.7 Å². The van der Waals surface area contributed by atoms with E-state index in [0.29, 0.717) is 12.0 Å². The third-order valence-corrected chi connectivity index (χ3v) is 3.11. The Hall–Kier alpha value is -2.56. The number of benzene rings is 1. The van der Waals surface area contributed by atoms with Crippen LogP contribution < -0.4 is 4.90 Å². The Kier molecular flexibility index (Phi) is 5.72. The van der Waals surface area contributed by atoms with Crippen LogP contribution in [0.4, 0.5) is 5.69 Å². The van der Waals surface area contributed by atoms with E-state index in [2.05, 4.69) is 0 Å². The average Bonchev–Trinajstić information content (AvgIpc) is 2.47. The maximum absolute atomic E-state index is 12.1. The third kappa shape index (κ3) is 4.21. The number of carboxylic acid groups (broad SMARTS) is 1. The van der Waals surface area contributed by atoms with E-state index >= 15 is 0 Å². The number of ketones is 1. The zero-order valence-electron chi connectivity index (χ0n) is 12.3. The quantitative estimate of drug-likeness (QED) is 0.364. The van der Waals surface area contributed by atoms with Crippen LogP contribution in [-0.2, 0) is 9.59 Å². The number of carbonyl (C=O) groups excluding carboxylic acids is 1. The van der Waals surface area contributed by atoms with Gasteiger partial charge < -0.3 is 15.1 Å². The Morgan fingerprint density at radius 2 is 1.76 bits per heavy atom. The third-order valence-electron chi connectivity index (χ3n) is 3.11. The molecule has 5 nitrogen and oxygen atoms in total. The van der Waals surface area contributed by atoms with Crippen molar-refractivity contribution < 1.29 is 19.8 Å². The fourth-order valence-corrected chi connectivity index (χ4v) is 1.76. The van der Waals surface area contributed by atoms with Crippen molar-refractivity contribution in [3.8, 4) is 0 Å². The topological polar surface area (TPSA) is 77.8 Å². The summed E-state index contributed by atoms with van der Waals surface area (Å²) in [5, 5.41) is 19.0. The molecular weight excluding hydrogens is 270 g/mol. The van der Waals surface area contributed by atoms with Crippen molar-refractivity contribution in [1.82, 2.24) is 0 Å². The maximum atomic E-state index is 12.1. The van der Waals surface area contributed by atoms with Crippen LogP contribution in [0.15, 0.2) is 53.4 Å². The molecule has 1 rings (SSSR count). The van der Waals surface area contributed by atoms with Crippen LogP contribution in [0.5, 0.6) is 0 Å². The lowest BCUT2D eigenvalue weighted by Gasteiger charge is -2.14. The number of hydrogen-bond acceptors (Lipinski definition) is 4. The van der Waals surface area contributed by atoms with E-state index in [4.69, 9.17) is 5.11 Å². The predicted molar refractivity (Wildman–Crippen MR) is 81.2 cm³/mol. The SMILES string of the molecule is CC/C(C)=C(\C(=O)O)C(=O)/C(O)=C\N(C)c1ccccc1. The summed E-state index contributed by atoms with van der Waals surface area (Å²) >= 11 is 0. The Morgan fingerprint density at radius 1 is 1.19 bits per heavy atom. The summed E-state index contributed by atoms with van der Waals surface area (Å²) in [6.45, 7) is 3.32. The van der Waals surface area contributed by atoms with Crippen molar-refractivity contribution in [2.75, 3.05) is 11.9 Å². The molecule has 0 aromatic heterocycles. The van der Waals surface area contributed by atoms with Crippen molar-refractivity contribution in [1.29, 1.82) is 0 Å². The second kappa shape index (κ2) is 7.28. The van der Waals surface area contributed by atoms with Gasteiger partial charge in [0.2, 0.25) is 5.78 Å². The van der Waals surface area contributed by atoms with E-state index in [1.165, 1.54) is 6.20 Å². The Labute approximate surface area is 123 Å². The summed E-state index contributed by atoms with van der Waals surface area (Å²) in [6, 6.07) is 9.10. The van der Waals surface area contributed by atoms with Gasteiger partial charge >= 0.3 is 5.97 Å². The number of aliphatic hydroxyl groups is 1. The molecule has 1 aromatic carbocycles. The first-order valence-corrected chi connectivity index (χ1v) is 6.54. The number of carbonyl (C=O) groups is 2. The molecule has 0 radical (unpaired) electrons. The molecule has 0 atom stereocenters. The standard InChI is InChI=1S/C16H19NO4/c1-4-11(2)14(16(20)21)15(19)13(18)10-17(3)12-8-6-5-7-9-12/h5-10,18H,4H2,1-3H3,(H,20,21)/b13-10+,14-11-. The van der Waals surface area contributed by atoms with E-state index in [1.807, 2.05) is 18.2 Å². The predicted octanol–water partition coefficient (Wildman–Crippen LogP) is 2.90. The lowest BCUT2D eigenvalue weighted by molar-refractivity contribution is -0.134. The molecule has 2 N–H and O–H groups in total. The van der Waals surface area contributed by atoms with Crippen LogP contribution >= 0.6 is 0 Å². The fraction of sp³-hybridized carbons (Fsp3) is 0.250.